The molecule has 1 aliphatic rings. The Bertz CT molecular complexity index is 780. The number of para-hydroxylation sites is 1. The van der Waals surface area contributed by atoms with E-state index in [4.69, 9.17) is 4.74 Å². The smallest absolute Gasteiger partial charge is 0.243 e. The van der Waals surface area contributed by atoms with Gasteiger partial charge in [0, 0.05) is 19.0 Å². The summed E-state index contributed by atoms with van der Waals surface area (Å²) in [5.74, 6) is -0.139. The summed E-state index contributed by atoms with van der Waals surface area (Å²) in [6.45, 7) is 1.21. The van der Waals surface area contributed by atoms with Gasteiger partial charge in [-0.3, -0.25) is 0 Å². The maximum atomic E-state index is 13.6. The van der Waals surface area contributed by atoms with Crippen molar-refractivity contribution >= 4 is 10.0 Å². The molecule has 0 bridgehead atoms. The van der Waals surface area contributed by atoms with Gasteiger partial charge in [-0.1, -0.05) is 30.3 Å². The largest absolute Gasteiger partial charge is 0.490 e. The zero-order valence-corrected chi connectivity index (χ0v) is 14.1. The molecule has 0 aromatic heterocycles. The molecule has 4 nitrogen and oxygen atoms in total. The maximum absolute atomic E-state index is 13.6. The van der Waals surface area contributed by atoms with Crippen LogP contribution >= 0.6 is 0 Å². The Kier molecular flexibility index (Phi) is 5.16. The Morgan fingerprint density at radius 3 is 2.54 bits per heavy atom. The van der Waals surface area contributed by atoms with Gasteiger partial charge in [0.25, 0.3) is 0 Å². The number of hydrogen-bond donors (Lipinski definition) is 0. The SMILES string of the molecule is O=S(=O)(c1ccccc1)N1CCCC(COc2ccccc2F)C1. The monoisotopic (exact) mass is 349 g/mol. The average Bonchev–Trinajstić information content (AvgIpc) is 2.62. The fourth-order valence-electron chi connectivity index (χ4n) is 2.89. The first kappa shape index (κ1) is 16.9. The van der Waals surface area contributed by atoms with Gasteiger partial charge in [0.05, 0.1) is 11.5 Å². The van der Waals surface area contributed by atoms with Crippen LogP contribution in [0.4, 0.5) is 4.39 Å². The van der Waals surface area contributed by atoms with E-state index in [2.05, 4.69) is 0 Å². The van der Waals surface area contributed by atoms with E-state index in [1.807, 2.05) is 0 Å². The molecule has 0 saturated carbocycles. The average molecular weight is 349 g/mol. The Morgan fingerprint density at radius 2 is 1.79 bits per heavy atom. The van der Waals surface area contributed by atoms with E-state index in [-0.39, 0.29) is 11.7 Å². The molecule has 1 heterocycles. The summed E-state index contributed by atoms with van der Waals surface area (Å²) in [5.41, 5.74) is 0. The first-order valence-electron chi connectivity index (χ1n) is 8.00. The lowest BCUT2D eigenvalue weighted by Crippen LogP contribution is -2.41. The molecule has 24 heavy (non-hydrogen) atoms. The standard InChI is InChI=1S/C18H20FNO3S/c19-17-10-4-5-11-18(17)23-14-15-7-6-12-20(13-15)24(21,22)16-8-2-1-3-9-16/h1-5,8-11,15H,6-7,12-14H2. The van der Waals surface area contributed by atoms with E-state index in [0.717, 1.165) is 12.8 Å². The first-order valence-corrected chi connectivity index (χ1v) is 9.44. The Labute approximate surface area is 141 Å². The van der Waals surface area contributed by atoms with Gasteiger partial charge in [-0.05, 0) is 37.1 Å². The highest BCUT2D eigenvalue weighted by Crippen LogP contribution is 2.25. The van der Waals surface area contributed by atoms with E-state index in [9.17, 15) is 12.8 Å². The summed E-state index contributed by atoms with van der Waals surface area (Å²) >= 11 is 0. The normalized spacial score (nSPS) is 19.1. The fourth-order valence-corrected chi connectivity index (χ4v) is 4.47. The number of nitrogens with zero attached hydrogens (tertiary/aromatic N) is 1. The molecule has 0 amide bonds. The molecule has 1 atom stereocenters. The summed E-state index contributed by atoms with van der Waals surface area (Å²) in [5, 5.41) is 0. The minimum Gasteiger partial charge on any atom is -0.490 e. The van der Waals surface area contributed by atoms with Gasteiger partial charge in [0.1, 0.15) is 0 Å². The van der Waals surface area contributed by atoms with Crippen LogP contribution in [0.15, 0.2) is 59.5 Å². The third-order valence-electron chi connectivity index (χ3n) is 4.17. The summed E-state index contributed by atoms with van der Waals surface area (Å²) in [6, 6.07) is 14.7. The Hall–Kier alpha value is -1.92. The number of ether oxygens (including phenoxy) is 1. The van der Waals surface area contributed by atoms with E-state index in [1.165, 1.54) is 10.4 Å². The summed E-state index contributed by atoms with van der Waals surface area (Å²) in [6.07, 6.45) is 1.65. The lowest BCUT2D eigenvalue weighted by atomic mass is 10.0. The van der Waals surface area contributed by atoms with Gasteiger partial charge in [-0.2, -0.15) is 4.31 Å². The van der Waals surface area contributed by atoms with Gasteiger partial charge in [0.15, 0.2) is 11.6 Å². The van der Waals surface area contributed by atoms with Crippen LogP contribution in [-0.2, 0) is 10.0 Å². The Balaban J connectivity index is 1.65. The number of piperidine rings is 1. The van der Waals surface area contributed by atoms with Crippen LogP contribution in [0.1, 0.15) is 12.8 Å². The highest BCUT2D eigenvalue weighted by Gasteiger charge is 2.30. The molecule has 1 saturated heterocycles. The van der Waals surface area contributed by atoms with Gasteiger partial charge >= 0.3 is 0 Å². The molecule has 6 heteroatoms. The zero-order chi connectivity index (χ0) is 17.0. The molecule has 2 aromatic rings. The second-order valence-electron chi connectivity index (χ2n) is 5.93. The molecule has 0 radical (unpaired) electrons. The first-order chi connectivity index (χ1) is 11.6. The van der Waals surface area contributed by atoms with Crippen molar-refractivity contribution in [3.8, 4) is 5.75 Å². The van der Waals surface area contributed by atoms with E-state index < -0.39 is 15.8 Å². The van der Waals surface area contributed by atoms with Crippen molar-refractivity contribution in [3.05, 3.63) is 60.4 Å². The van der Waals surface area contributed by atoms with Crippen LogP contribution in [0.5, 0.6) is 5.75 Å². The molecule has 3 rings (SSSR count). The molecule has 1 aliphatic heterocycles. The lowest BCUT2D eigenvalue weighted by molar-refractivity contribution is 0.176. The quantitative estimate of drug-likeness (QED) is 0.832. The highest BCUT2D eigenvalue weighted by molar-refractivity contribution is 7.89. The van der Waals surface area contributed by atoms with Crippen molar-refractivity contribution in [1.29, 1.82) is 0 Å². The number of halogens is 1. The molecular formula is C18H20FNO3S. The molecule has 1 fully saturated rings. The van der Waals surface area contributed by atoms with Gasteiger partial charge < -0.3 is 4.74 Å². The predicted octanol–water partition coefficient (Wildman–Crippen LogP) is 3.31. The fraction of sp³-hybridized carbons (Fsp3) is 0.333. The molecule has 0 spiro atoms. The van der Waals surface area contributed by atoms with E-state index >= 15 is 0 Å². The van der Waals surface area contributed by atoms with E-state index in [0.29, 0.717) is 24.6 Å². The van der Waals surface area contributed by atoms with Crippen molar-refractivity contribution in [2.24, 2.45) is 5.92 Å². The van der Waals surface area contributed by atoms with Crippen molar-refractivity contribution < 1.29 is 17.5 Å². The number of sulfonamides is 1. The molecule has 128 valence electrons. The number of rotatable bonds is 5. The van der Waals surface area contributed by atoms with E-state index in [1.54, 1.807) is 48.5 Å². The van der Waals surface area contributed by atoms with Crippen molar-refractivity contribution in [2.45, 2.75) is 17.7 Å². The van der Waals surface area contributed by atoms with Crippen molar-refractivity contribution in [2.75, 3.05) is 19.7 Å². The molecular weight excluding hydrogens is 329 g/mol. The Morgan fingerprint density at radius 1 is 1.08 bits per heavy atom. The topological polar surface area (TPSA) is 46.6 Å². The molecule has 0 aliphatic carbocycles. The zero-order valence-electron chi connectivity index (χ0n) is 13.3. The highest BCUT2D eigenvalue weighted by atomic mass is 32.2. The van der Waals surface area contributed by atoms with Crippen molar-refractivity contribution in [3.63, 3.8) is 0 Å². The van der Waals surface area contributed by atoms with Crippen LogP contribution in [0, 0.1) is 11.7 Å². The van der Waals surface area contributed by atoms with Gasteiger partial charge in [0.2, 0.25) is 10.0 Å². The summed E-state index contributed by atoms with van der Waals surface area (Å²) < 4.78 is 46.0. The molecule has 1 unspecified atom stereocenters. The minimum atomic E-state index is -3.48. The van der Waals surface area contributed by atoms with Crippen LogP contribution < -0.4 is 4.74 Å². The van der Waals surface area contributed by atoms with Crippen LogP contribution in [0.2, 0.25) is 0 Å². The third-order valence-corrected chi connectivity index (χ3v) is 6.05. The second kappa shape index (κ2) is 7.32. The van der Waals surface area contributed by atoms with Crippen molar-refractivity contribution in [1.82, 2.24) is 4.31 Å². The molecule has 2 aromatic carbocycles. The lowest BCUT2D eigenvalue weighted by Gasteiger charge is -2.31. The van der Waals surface area contributed by atoms with Crippen LogP contribution in [0.3, 0.4) is 0 Å². The summed E-state index contributed by atoms with van der Waals surface area (Å²) in [4.78, 5) is 0.306. The second-order valence-corrected chi connectivity index (χ2v) is 7.86. The maximum Gasteiger partial charge on any atom is 0.243 e. The molecule has 0 N–H and O–H groups in total. The predicted molar refractivity (Wildman–Crippen MR) is 89.8 cm³/mol. The minimum absolute atomic E-state index is 0.0526. The van der Waals surface area contributed by atoms with Crippen LogP contribution in [-0.4, -0.2) is 32.4 Å². The summed E-state index contributed by atoms with van der Waals surface area (Å²) in [7, 11) is -3.48. The van der Waals surface area contributed by atoms with Crippen LogP contribution in [0.25, 0.3) is 0 Å². The number of hydrogen-bond acceptors (Lipinski definition) is 3. The van der Waals surface area contributed by atoms with Gasteiger partial charge in [-0.25, -0.2) is 12.8 Å². The third kappa shape index (κ3) is 3.76. The number of benzene rings is 2. The van der Waals surface area contributed by atoms with Gasteiger partial charge in [-0.15, -0.1) is 0 Å².